The minimum absolute atomic E-state index is 0.0959. The number of ketones is 1. The second-order valence-corrected chi connectivity index (χ2v) is 12.2. The van der Waals surface area contributed by atoms with Crippen molar-refractivity contribution >= 4 is 22.9 Å². The largest absolute Gasteiger partial charge is 0.457 e. The Morgan fingerprint density at radius 3 is 2.67 bits per heavy atom. The molecule has 8 heteroatoms. The lowest BCUT2D eigenvalue weighted by molar-refractivity contribution is -0.156. The highest BCUT2D eigenvalue weighted by Crippen LogP contribution is 2.47. The second-order valence-electron chi connectivity index (χ2n) is 12.2. The van der Waals surface area contributed by atoms with E-state index < -0.39 is 35.6 Å². The molecule has 2 N–H and O–H groups in total. The van der Waals surface area contributed by atoms with Crippen molar-refractivity contribution in [1.82, 2.24) is 4.98 Å². The number of ether oxygens (including phenoxy) is 2. The Bertz CT molecular complexity index is 1200. The van der Waals surface area contributed by atoms with Gasteiger partial charge in [-0.1, -0.05) is 39.3 Å². The molecule has 2 aliphatic rings. The van der Waals surface area contributed by atoms with Crippen molar-refractivity contribution in [3.8, 4) is 0 Å². The van der Waals surface area contributed by atoms with Gasteiger partial charge in [0.25, 0.3) is 0 Å². The van der Waals surface area contributed by atoms with Gasteiger partial charge in [-0.2, -0.15) is 0 Å². The molecular weight excluding hydrogens is 498 g/mol. The monoisotopic (exact) mass is 541 g/mol. The van der Waals surface area contributed by atoms with Crippen LogP contribution in [0.1, 0.15) is 90.2 Å². The molecule has 0 aliphatic carbocycles. The van der Waals surface area contributed by atoms with Crippen LogP contribution in [0.4, 0.5) is 0 Å². The van der Waals surface area contributed by atoms with Crippen molar-refractivity contribution < 1.29 is 33.7 Å². The van der Waals surface area contributed by atoms with Gasteiger partial charge in [-0.25, -0.2) is 4.98 Å². The van der Waals surface area contributed by atoms with E-state index in [1.54, 1.807) is 26.8 Å². The number of benzene rings is 1. The minimum atomic E-state index is -1.28. The smallest absolute Gasteiger partial charge is 0.309 e. The predicted molar refractivity (Wildman–Crippen MR) is 147 cm³/mol. The molecule has 2 fully saturated rings. The average Bonchev–Trinajstić information content (AvgIpc) is 3.34. The third-order valence-electron chi connectivity index (χ3n) is 8.80. The lowest BCUT2D eigenvalue weighted by atomic mass is 9.71. The van der Waals surface area contributed by atoms with Crippen LogP contribution >= 0.6 is 0 Å². The first-order valence-electron chi connectivity index (χ1n) is 14.1. The highest BCUT2D eigenvalue weighted by molar-refractivity contribution is 5.88. The molecule has 214 valence electrons. The van der Waals surface area contributed by atoms with E-state index in [1.807, 2.05) is 25.1 Å². The van der Waals surface area contributed by atoms with Gasteiger partial charge in [0.05, 0.1) is 35.7 Å². The van der Waals surface area contributed by atoms with E-state index in [4.69, 9.17) is 13.9 Å². The highest BCUT2D eigenvalue weighted by Gasteiger charge is 2.53. The fourth-order valence-corrected chi connectivity index (χ4v) is 5.87. The first-order valence-corrected chi connectivity index (χ1v) is 14.1. The molecule has 0 radical (unpaired) electrons. The number of carbonyl (C=O) groups is 2. The molecule has 1 aromatic carbocycles. The van der Waals surface area contributed by atoms with Gasteiger partial charge in [-0.05, 0) is 56.2 Å². The lowest BCUT2D eigenvalue weighted by Gasteiger charge is -2.36. The number of allylic oxidation sites excluding steroid dienone is 1. The number of oxazole rings is 1. The number of esters is 1. The Kier molecular flexibility index (Phi) is 8.69. The predicted octanol–water partition coefficient (Wildman–Crippen LogP) is 5.38. The molecule has 2 aromatic rings. The van der Waals surface area contributed by atoms with Gasteiger partial charge in [-0.3, -0.25) is 9.59 Å². The van der Waals surface area contributed by atoms with Crippen molar-refractivity contribution in [3.05, 3.63) is 42.3 Å². The molecule has 1 aromatic heterocycles. The molecule has 39 heavy (non-hydrogen) atoms. The molecule has 7 atom stereocenters. The van der Waals surface area contributed by atoms with E-state index in [1.165, 1.54) is 0 Å². The van der Waals surface area contributed by atoms with Crippen LogP contribution < -0.4 is 0 Å². The van der Waals surface area contributed by atoms with E-state index in [-0.39, 0.29) is 29.8 Å². The number of fused-ring (bicyclic) bond motifs is 2. The first-order chi connectivity index (χ1) is 18.4. The summed E-state index contributed by atoms with van der Waals surface area (Å²) in [5.74, 6) is -1.08. The number of aliphatic hydroxyl groups excluding tert-OH is 2. The van der Waals surface area contributed by atoms with Crippen LogP contribution in [0.15, 0.2) is 35.3 Å². The summed E-state index contributed by atoms with van der Waals surface area (Å²) in [6, 6.07) is 5.54. The second kappa shape index (κ2) is 11.5. The van der Waals surface area contributed by atoms with Crippen molar-refractivity contribution in [2.75, 3.05) is 0 Å². The van der Waals surface area contributed by atoms with E-state index >= 15 is 0 Å². The molecule has 2 aliphatic heterocycles. The maximum Gasteiger partial charge on any atom is 0.309 e. The molecule has 0 bridgehead atoms. The Hall–Kier alpha value is -2.55. The van der Waals surface area contributed by atoms with Crippen LogP contribution in [0, 0.1) is 24.2 Å². The SMILES string of the molecule is C=CCC[C@H]1C(=O)C(C)(C)[C@@H](O)CC(=O)O[C@H](c2ccc3oc(C)nc3c2)CC2OC2(C)CCC[C@H](C)[C@H]1O. The average molecular weight is 542 g/mol. The number of cyclic esters (lactones) is 1. The molecule has 0 saturated carbocycles. The topological polar surface area (TPSA) is 122 Å². The van der Waals surface area contributed by atoms with Crippen LogP contribution in [0.2, 0.25) is 0 Å². The van der Waals surface area contributed by atoms with Gasteiger partial charge >= 0.3 is 5.97 Å². The summed E-state index contributed by atoms with van der Waals surface area (Å²) in [6.45, 7) is 12.8. The highest BCUT2D eigenvalue weighted by atomic mass is 16.6. The molecule has 0 amide bonds. The Morgan fingerprint density at radius 2 is 1.95 bits per heavy atom. The van der Waals surface area contributed by atoms with Crippen LogP contribution in [-0.2, 0) is 19.1 Å². The number of hydrogen-bond acceptors (Lipinski definition) is 8. The van der Waals surface area contributed by atoms with Crippen LogP contribution in [0.3, 0.4) is 0 Å². The summed E-state index contributed by atoms with van der Waals surface area (Å²) in [4.78, 5) is 31.3. The zero-order chi connectivity index (χ0) is 28.5. The number of aromatic nitrogens is 1. The van der Waals surface area contributed by atoms with Crippen LogP contribution in [-0.4, -0.2) is 50.9 Å². The Labute approximate surface area is 230 Å². The van der Waals surface area contributed by atoms with Crippen LogP contribution in [0.25, 0.3) is 11.1 Å². The summed E-state index contributed by atoms with van der Waals surface area (Å²) in [6.07, 6.45) is 2.39. The summed E-state index contributed by atoms with van der Waals surface area (Å²) >= 11 is 0. The zero-order valence-corrected chi connectivity index (χ0v) is 23.8. The van der Waals surface area contributed by atoms with Crippen LogP contribution in [0.5, 0.6) is 0 Å². The zero-order valence-electron chi connectivity index (χ0n) is 23.8. The van der Waals surface area contributed by atoms with E-state index in [9.17, 15) is 19.8 Å². The third-order valence-corrected chi connectivity index (χ3v) is 8.80. The normalized spacial score (nSPS) is 34.3. The summed E-state index contributed by atoms with van der Waals surface area (Å²) in [5.41, 5.74) is 0.501. The lowest BCUT2D eigenvalue weighted by Crippen LogP contribution is -2.46. The first kappa shape index (κ1) is 29.4. The van der Waals surface area contributed by atoms with E-state index in [2.05, 4.69) is 18.5 Å². The molecule has 2 unspecified atom stereocenters. The van der Waals surface area contributed by atoms with Crippen molar-refractivity contribution in [3.63, 3.8) is 0 Å². The maximum atomic E-state index is 13.7. The number of aliphatic hydroxyl groups is 2. The van der Waals surface area contributed by atoms with Gasteiger partial charge in [0.15, 0.2) is 11.5 Å². The Morgan fingerprint density at radius 1 is 1.21 bits per heavy atom. The van der Waals surface area contributed by atoms with Crippen molar-refractivity contribution in [2.24, 2.45) is 17.3 Å². The molecule has 4 rings (SSSR count). The minimum Gasteiger partial charge on any atom is -0.457 e. The quantitative estimate of drug-likeness (QED) is 0.301. The van der Waals surface area contributed by atoms with Crippen molar-refractivity contribution in [2.45, 2.75) is 110 Å². The number of hydrogen-bond donors (Lipinski definition) is 2. The van der Waals surface area contributed by atoms with Gasteiger partial charge in [-0.15, -0.1) is 6.58 Å². The van der Waals surface area contributed by atoms with Gasteiger partial charge in [0, 0.05) is 19.3 Å². The number of carbonyl (C=O) groups excluding carboxylic acids is 2. The molecule has 8 nitrogen and oxygen atoms in total. The fourth-order valence-electron chi connectivity index (χ4n) is 5.87. The Balaban J connectivity index is 1.62. The number of aryl methyl sites for hydroxylation is 1. The van der Waals surface area contributed by atoms with E-state index in [0.717, 1.165) is 24.8 Å². The molecular formula is C31H43NO7. The van der Waals surface area contributed by atoms with E-state index in [0.29, 0.717) is 36.3 Å². The van der Waals surface area contributed by atoms with Crippen molar-refractivity contribution in [1.29, 1.82) is 0 Å². The number of nitrogens with zero attached hydrogens (tertiary/aromatic N) is 1. The summed E-state index contributed by atoms with van der Waals surface area (Å²) < 4.78 is 17.7. The summed E-state index contributed by atoms with van der Waals surface area (Å²) in [5, 5.41) is 22.3. The standard InChI is InChI=1S/C31H43NO7/c1-7-8-11-21-28(35)18(2)10-9-14-31(6)26(39-31)16-24(20-12-13-23-22(15-20)32-19(3)37-23)38-27(34)17-25(33)30(4,5)29(21)36/h7,12-13,15,18,21,24-26,28,33,35H,1,8-11,14,16-17H2,2-6H3/t18-,21+,24-,25-,26?,28+,31?/m0/s1. The van der Waals surface area contributed by atoms with Gasteiger partial charge < -0.3 is 24.1 Å². The molecule has 3 heterocycles. The molecule has 0 spiro atoms. The number of epoxide rings is 1. The number of rotatable bonds is 4. The fraction of sp³-hybridized carbons (Fsp3) is 0.645. The summed E-state index contributed by atoms with van der Waals surface area (Å²) in [7, 11) is 0. The maximum absolute atomic E-state index is 13.7. The molecule has 2 saturated heterocycles. The van der Waals surface area contributed by atoms with Gasteiger partial charge in [0.1, 0.15) is 17.4 Å². The third kappa shape index (κ3) is 6.44. The number of Topliss-reactive ketones (excluding diaryl/α,β-unsaturated/α-hetero) is 1. The van der Waals surface area contributed by atoms with Gasteiger partial charge in [0.2, 0.25) is 0 Å².